The highest BCUT2D eigenvalue weighted by molar-refractivity contribution is 6.02. The first kappa shape index (κ1) is 19.8. The molecule has 0 aliphatic carbocycles. The third-order valence-corrected chi connectivity index (χ3v) is 5.04. The normalized spacial score (nSPS) is 11.0. The van der Waals surface area contributed by atoms with E-state index in [4.69, 9.17) is 12.8 Å². The summed E-state index contributed by atoms with van der Waals surface area (Å²) in [5, 5.41) is 3.64. The van der Waals surface area contributed by atoms with Gasteiger partial charge in [-0.05, 0) is 53.1 Å². The van der Waals surface area contributed by atoms with Crippen LogP contribution in [0, 0.1) is 24.7 Å². The Bertz CT molecular complexity index is 1270. The Labute approximate surface area is 184 Å². The molecule has 1 nitrogen and oxygen atoms in total. The summed E-state index contributed by atoms with van der Waals surface area (Å²) < 4.78 is 0. The van der Waals surface area contributed by atoms with Crippen LogP contribution in [0.1, 0.15) is 27.8 Å². The second-order valence-electron chi connectivity index (χ2n) is 7.05. The number of hydrogen-bond donors (Lipinski definition) is 1. The van der Waals surface area contributed by atoms with Crippen molar-refractivity contribution in [2.24, 2.45) is 0 Å². The predicted molar refractivity (Wildman–Crippen MR) is 131 cm³/mol. The van der Waals surface area contributed by atoms with Crippen molar-refractivity contribution in [1.82, 2.24) is 0 Å². The fourth-order valence-electron chi connectivity index (χ4n) is 3.47. The molecule has 0 bridgehead atoms. The average molecular weight is 396 g/mol. The van der Waals surface area contributed by atoms with E-state index in [0.717, 1.165) is 44.8 Å². The molecule has 4 rings (SSSR count). The summed E-state index contributed by atoms with van der Waals surface area (Å²) in [7, 11) is 0. The Morgan fingerprint density at radius 1 is 0.516 bits per heavy atom. The van der Waals surface area contributed by atoms with Gasteiger partial charge in [-0.3, -0.25) is 0 Å². The topological polar surface area (TPSA) is 12.0 Å². The first-order valence-electron chi connectivity index (χ1n) is 10.0. The molecule has 0 spiro atoms. The molecule has 0 atom stereocenters. The van der Waals surface area contributed by atoms with Gasteiger partial charge in [-0.2, -0.15) is 0 Å². The molecule has 0 saturated heterocycles. The highest BCUT2D eigenvalue weighted by Gasteiger charge is 2.14. The fraction of sp³-hybridized carbons (Fsp3) is 0. The summed E-state index contributed by atoms with van der Waals surface area (Å²) in [6.07, 6.45) is 11.1. The molecule has 4 aromatic rings. The summed E-state index contributed by atoms with van der Waals surface area (Å²) in [5.41, 5.74) is 8.05. The van der Waals surface area contributed by atoms with Crippen molar-refractivity contribution in [3.63, 3.8) is 0 Å². The SMILES string of the molecule is C#Cc1ccc(N/C(=C(\c2ccccc2)c2ccc(C#C)cc2)c2ccccc2)cc1. The van der Waals surface area contributed by atoms with Crippen molar-refractivity contribution >= 4 is 17.0 Å². The molecule has 0 unspecified atom stereocenters. The maximum absolute atomic E-state index is 5.58. The molecule has 31 heavy (non-hydrogen) atoms. The van der Waals surface area contributed by atoms with Crippen LogP contribution in [-0.4, -0.2) is 0 Å². The van der Waals surface area contributed by atoms with Gasteiger partial charge in [-0.1, -0.05) is 84.6 Å². The zero-order valence-electron chi connectivity index (χ0n) is 17.0. The first-order valence-corrected chi connectivity index (χ1v) is 10.0. The summed E-state index contributed by atoms with van der Waals surface area (Å²) in [6.45, 7) is 0. The zero-order valence-corrected chi connectivity index (χ0v) is 17.0. The van der Waals surface area contributed by atoms with Gasteiger partial charge in [-0.25, -0.2) is 0 Å². The highest BCUT2D eigenvalue weighted by atomic mass is 14.9. The van der Waals surface area contributed by atoms with E-state index in [0.29, 0.717) is 0 Å². The van der Waals surface area contributed by atoms with Crippen LogP contribution in [0.25, 0.3) is 11.3 Å². The zero-order chi connectivity index (χ0) is 21.5. The van der Waals surface area contributed by atoms with Crippen LogP contribution >= 0.6 is 0 Å². The number of hydrogen-bond acceptors (Lipinski definition) is 1. The molecule has 0 radical (unpaired) electrons. The van der Waals surface area contributed by atoms with E-state index >= 15 is 0 Å². The van der Waals surface area contributed by atoms with Crippen molar-refractivity contribution in [2.45, 2.75) is 0 Å². The molecular formula is C30H21N. The van der Waals surface area contributed by atoms with Gasteiger partial charge in [0.2, 0.25) is 0 Å². The molecular weight excluding hydrogens is 374 g/mol. The van der Waals surface area contributed by atoms with E-state index in [1.54, 1.807) is 0 Å². The summed E-state index contributed by atoms with van der Waals surface area (Å²) in [5.74, 6) is 5.37. The van der Waals surface area contributed by atoms with Crippen LogP contribution < -0.4 is 5.32 Å². The Morgan fingerprint density at radius 3 is 1.48 bits per heavy atom. The Kier molecular flexibility index (Phi) is 5.99. The van der Waals surface area contributed by atoms with Crippen molar-refractivity contribution < 1.29 is 0 Å². The summed E-state index contributed by atoms with van der Waals surface area (Å²) >= 11 is 0. The van der Waals surface area contributed by atoms with Gasteiger partial charge in [0, 0.05) is 22.4 Å². The van der Waals surface area contributed by atoms with Gasteiger partial charge in [0.1, 0.15) is 0 Å². The Hall–Kier alpha value is -4.46. The second-order valence-corrected chi connectivity index (χ2v) is 7.05. The lowest BCUT2D eigenvalue weighted by atomic mass is 9.92. The van der Waals surface area contributed by atoms with Crippen LogP contribution in [-0.2, 0) is 0 Å². The van der Waals surface area contributed by atoms with Crippen molar-refractivity contribution in [1.29, 1.82) is 0 Å². The predicted octanol–water partition coefficient (Wildman–Crippen LogP) is 6.68. The van der Waals surface area contributed by atoms with Crippen LogP contribution in [0.3, 0.4) is 0 Å². The molecule has 0 saturated carbocycles. The molecule has 0 aliphatic heterocycles. The third-order valence-electron chi connectivity index (χ3n) is 5.04. The maximum atomic E-state index is 5.58. The first-order chi connectivity index (χ1) is 15.3. The summed E-state index contributed by atoms with van der Waals surface area (Å²) in [4.78, 5) is 0. The molecule has 0 amide bonds. The number of nitrogens with one attached hydrogen (secondary N) is 1. The standard InChI is InChI=1S/C30H21N/c1-3-23-15-19-26(20-16-23)29(25-11-7-5-8-12-25)30(27-13-9-6-10-14-27)31-28-21-17-24(4-2)18-22-28/h1-2,5-22,31H/b30-29+. The fourth-order valence-corrected chi connectivity index (χ4v) is 3.47. The molecule has 0 fully saturated rings. The Morgan fingerprint density at radius 2 is 0.968 bits per heavy atom. The largest absolute Gasteiger partial charge is 0.355 e. The van der Waals surface area contributed by atoms with Gasteiger partial charge in [-0.15, -0.1) is 12.8 Å². The quantitative estimate of drug-likeness (QED) is 0.294. The van der Waals surface area contributed by atoms with Crippen LogP contribution in [0.5, 0.6) is 0 Å². The van der Waals surface area contributed by atoms with E-state index in [1.165, 1.54) is 0 Å². The minimum Gasteiger partial charge on any atom is -0.355 e. The van der Waals surface area contributed by atoms with E-state index in [-0.39, 0.29) is 0 Å². The number of benzene rings is 4. The van der Waals surface area contributed by atoms with E-state index in [9.17, 15) is 0 Å². The van der Waals surface area contributed by atoms with E-state index < -0.39 is 0 Å². The summed E-state index contributed by atoms with van der Waals surface area (Å²) in [6, 6.07) is 36.7. The molecule has 0 heterocycles. The van der Waals surface area contributed by atoms with Crippen LogP contribution in [0.15, 0.2) is 109 Å². The van der Waals surface area contributed by atoms with Crippen molar-refractivity contribution in [3.05, 3.63) is 137 Å². The van der Waals surface area contributed by atoms with Gasteiger partial charge in [0.25, 0.3) is 0 Å². The Balaban J connectivity index is 1.95. The minimum atomic E-state index is 0.851. The van der Waals surface area contributed by atoms with E-state index in [2.05, 4.69) is 65.7 Å². The van der Waals surface area contributed by atoms with Crippen LogP contribution in [0.2, 0.25) is 0 Å². The molecule has 0 aromatic heterocycles. The number of rotatable bonds is 5. The lowest BCUT2D eigenvalue weighted by Gasteiger charge is -2.19. The van der Waals surface area contributed by atoms with Gasteiger partial charge in [0.05, 0.1) is 5.70 Å². The van der Waals surface area contributed by atoms with Gasteiger partial charge < -0.3 is 5.32 Å². The minimum absolute atomic E-state index is 0.851. The van der Waals surface area contributed by atoms with Gasteiger partial charge >= 0.3 is 0 Å². The molecule has 0 aliphatic rings. The smallest absolute Gasteiger partial charge is 0.0543 e. The number of terminal acetylenes is 2. The van der Waals surface area contributed by atoms with Crippen molar-refractivity contribution in [2.75, 3.05) is 5.32 Å². The monoisotopic (exact) mass is 395 g/mol. The maximum Gasteiger partial charge on any atom is 0.0543 e. The van der Waals surface area contributed by atoms with Gasteiger partial charge in [0.15, 0.2) is 0 Å². The number of anilines is 1. The van der Waals surface area contributed by atoms with Crippen LogP contribution in [0.4, 0.5) is 5.69 Å². The average Bonchev–Trinajstić information content (AvgIpc) is 2.85. The lowest BCUT2D eigenvalue weighted by Crippen LogP contribution is -2.04. The van der Waals surface area contributed by atoms with E-state index in [1.807, 2.05) is 60.7 Å². The second kappa shape index (κ2) is 9.36. The highest BCUT2D eigenvalue weighted by Crippen LogP contribution is 2.33. The lowest BCUT2D eigenvalue weighted by molar-refractivity contribution is 1.48. The third kappa shape index (κ3) is 4.59. The van der Waals surface area contributed by atoms with Crippen molar-refractivity contribution in [3.8, 4) is 24.7 Å². The molecule has 1 N–H and O–H groups in total. The molecule has 1 heteroatoms. The molecule has 146 valence electrons. The molecule has 4 aromatic carbocycles.